The average Bonchev–Trinajstić information content (AvgIpc) is 3.04. The molecular weight excluding hydrogens is 542 g/mol. The van der Waals surface area contributed by atoms with E-state index in [9.17, 15) is 47.0 Å². The second-order valence-electron chi connectivity index (χ2n) is 7.88. The van der Waals surface area contributed by atoms with E-state index in [0.29, 0.717) is 5.39 Å². The summed E-state index contributed by atoms with van der Waals surface area (Å²) in [6, 6.07) is 8.19. The molecule has 4 rings (SSSR count). The molecule has 1 saturated heterocycles. The zero-order valence-electron chi connectivity index (χ0n) is 18.0. The molecule has 3 amide bonds. The molecule has 16 heteroatoms. The molecule has 0 unspecified atom stereocenters. The maximum absolute atomic E-state index is 13.0. The Morgan fingerprint density at radius 1 is 0.973 bits per heavy atom. The number of para-hydroxylation sites is 1. The normalized spacial score (nSPS) is 16.6. The Morgan fingerprint density at radius 2 is 1.59 bits per heavy atom. The minimum Gasteiger partial charge on any atom is -0.320 e. The number of nitrogens with zero attached hydrogens (tertiary/aromatic N) is 3. The zero-order valence-corrected chi connectivity index (χ0v) is 18.8. The Hall–Kier alpha value is -3.95. The van der Waals surface area contributed by atoms with E-state index in [1.165, 1.54) is 12.1 Å². The van der Waals surface area contributed by atoms with Gasteiger partial charge in [0.2, 0.25) is 0 Å². The van der Waals surface area contributed by atoms with Crippen molar-refractivity contribution in [2.24, 2.45) is 0 Å². The van der Waals surface area contributed by atoms with Gasteiger partial charge in [0.1, 0.15) is 11.4 Å². The van der Waals surface area contributed by atoms with Gasteiger partial charge in [-0.05, 0) is 29.8 Å². The lowest BCUT2D eigenvalue weighted by Gasteiger charge is -2.40. The van der Waals surface area contributed by atoms with Gasteiger partial charge in [0.05, 0.1) is 11.2 Å². The van der Waals surface area contributed by atoms with Crippen LogP contribution in [0.25, 0.3) is 22.2 Å². The van der Waals surface area contributed by atoms with Gasteiger partial charge in [0, 0.05) is 17.5 Å². The fraction of sp³-hybridized carbons (Fsp3) is 0.143. The van der Waals surface area contributed by atoms with Crippen LogP contribution in [-0.4, -0.2) is 45.6 Å². The second-order valence-corrected chi connectivity index (χ2v) is 10.3. The van der Waals surface area contributed by atoms with Crippen molar-refractivity contribution in [1.29, 1.82) is 0 Å². The quantitative estimate of drug-likeness (QED) is 0.271. The summed E-state index contributed by atoms with van der Waals surface area (Å²) in [5, 5.41) is 0.0969. The maximum atomic E-state index is 13.0. The number of amides is 3. The van der Waals surface area contributed by atoms with Crippen molar-refractivity contribution in [2.75, 3.05) is 6.54 Å². The summed E-state index contributed by atoms with van der Waals surface area (Å²) in [4.78, 5) is 42.4. The van der Waals surface area contributed by atoms with Gasteiger partial charge in [-0.3, -0.25) is 4.79 Å². The first-order chi connectivity index (χ1) is 16.8. The molecule has 2 heterocycles. The van der Waals surface area contributed by atoms with Gasteiger partial charge in [-0.25, -0.2) is 14.6 Å². The van der Waals surface area contributed by atoms with Crippen molar-refractivity contribution in [3.05, 3.63) is 60.2 Å². The molecule has 198 valence electrons. The van der Waals surface area contributed by atoms with E-state index >= 15 is 0 Å². The molecule has 0 saturated carbocycles. The maximum Gasteiger partial charge on any atom is 0.493 e. The van der Waals surface area contributed by atoms with E-state index in [-0.39, 0.29) is 39.5 Å². The summed E-state index contributed by atoms with van der Waals surface area (Å²) in [6.45, 7) is -1.14. The Bertz CT molecular complexity index is 1440. The first kappa shape index (κ1) is 26.1. The molecule has 0 spiro atoms. The van der Waals surface area contributed by atoms with Crippen LogP contribution in [0.5, 0.6) is 0 Å². The highest BCUT2D eigenvalue weighted by Crippen LogP contribution is 3.02. The smallest absolute Gasteiger partial charge is 0.320 e. The van der Waals surface area contributed by atoms with Crippen molar-refractivity contribution in [3.63, 3.8) is 0 Å². The summed E-state index contributed by atoms with van der Waals surface area (Å²) in [7, 11) is -9.90. The third-order valence-corrected chi connectivity index (χ3v) is 6.32. The molecule has 3 aromatic rings. The molecule has 1 aromatic heterocycles. The standard InChI is InChI=1S/C21H13F8N3O4S/c22-21(23,24)19(34)36-32-18(33)11-31(20(32)35)10-13-9-17(30-16-4-2-1-3-15(13)16)12-5-7-14(8-6-12)37(25,26,27,28)29/h1-9H,10-11H2. The number of alkyl halides is 3. The fourth-order valence-corrected chi connectivity index (χ4v) is 4.14. The second kappa shape index (κ2) is 7.77. The van der Waals surface area contributed by atoms with Gasteiger partial charge in [-0.2, -0.15) is 13.2 Å². The number of rotatable bonds is 5. The molecule has 0 bridgehead atoms. The van der Waals surface area contributed by atoms with E-state index in [0.717, 1.165) is 17.0 Å². The molecule has 0 radical (unpaired) electrons. The summed E-state index contributed by atoms with van der Waals surface area (Å²) < 4.78 is 103. The van der Waals surface area contributed by atoms with Crippen LogP contribution >= 0.6 is 10.2 Å². The van der Waals surface area contributed by atoms with Crippen LogP contribution in [0.2, 0.25) is 0 Å². The first-order valence-corrected chi connectivity index (χ1v) is 11.9. The number of hydroxylamine groups is 2. The van der Waals surface area contributed by atoms with E-state index in [1.807, 2.05) is 0 Å². The van der Waals surface area contributed by atoms with Crippen molar-refractivity contribution in [3.8, 4) is 11.3 Å². The van der Waals surface area contributed by atoms with E-state index in [4.69, 9.17) is 0 Å². The minimum atomic E-state index is -9.90. The summed E-state index contributed by atoms with van der Waals surface area (Å²) in [5.41, 5.74) is 0.593. The number of carbonyl (C=O) groups is 3. The molecule has 0 atom stereocenters. The summed E-state index contributed by atoms with van der Waals surface area (Å²) >= 11 is 0. The molecule has 0 N–H and O–H groups in total. The molecular formula is C21H13F8N3O4S. The number of halogens is 8. The predicted octanol–water partition coefficient (Wildman–Crippen LogP) is 6.34. The summed E-state index contributed by atoms with van der Waals surface area (Å²) in [6.07, 6.45) is -5.46. The number of fused-ring (bicyclic) bond motifs is 1. The van der Waals surface area contributed by atoms with Gasteiger partial charge in [0.25, 0.3) is 5.91 Å². The summed E-state index contributed by atoms with van der Waals surface area (Å²) in [5.74, 6) is -4.02. The Labute approximate surface area is 201 Å². The number of hydrogen-bond acceptors (Lipinski definition) is 5. The van der Waals surface area contributed by atoms with Crippen LogP contribution in [0, 0.1) is 0 Å². The highest BCUT2D eigenvalue weighted by Gasteiger charge is 2.65. The molecule has 1 fully saturated rings. The average molecular weight is 555 g/mol. The molecule has 2 aromatic carbocycles. The van der Waals surface area contributed by atoms with Crippen molar-refractivity contribution in [1.82, 2.24) is 14.9 Å². The van der Waals surface area contributed by atoms with Crippen molar-refractivity contribution in [2.45, 2.75) is 17.6 Å². The van der Waals surface area contributed by atoms with Gasteiger partial charge < -0.3 is 9.74 Å². The number of urea groups is 1. The number of aromatic nitrogens is 1. The third-order valence-electron chi connectivity index (χ3n) is 5.16. The van der Waals surface area contributed by atoms with Gasteiger partial charge in [0.15, 0.2) is 0 Å². The monoisotopic (exact) mass is 555 g/mol. The van der Waals surface area contributed by atoms with Crippen LogP contribution in [-0.2, 0) is 21.0 Å². The SMILES string of the molecule is O=C1CN(Cc2cc(-c3ccc(S(F)(F)(F)(F)F)cc3)nc3ccccc23)C(=O)N1OC(=O)C(F)(F)F. The number of imide groups is 1. The largest absolute Gasteiger partial charge is 0.493 e. The fourth-order valence-electron chi connectivity index (χ4n) is 3.49. The van der Waals surface area contributed by atoms with E-state index in [1.54, 1.807) is 18.2 Å². The van der Waals surface area contributed by atoms with Crippen LogP contribution in [0.15, 0.2) is 59.5 Å². The van der Waals surface area contributed by atoms with Crippen LogP contribution in [0.3, 0.4) is 0 Å². The minimum absolute atomic E-state index is 0.0159. The Kier molecular flexibility index (Phi) is 5.49. The molecule has 1 aliphatic heterocycles. The van der Waals surface area contributed by atoms with Gasteiger partial charge >= 0.3 is 28.4 Å². The lowest BCUT2D eigenvalue weighted by atomic mass is 10.0. The Morgan fingerprint density at radius 3 is 2.19 bits per heavy atom. The van der Waals surface area contributed by atoms with Crippen LogP contribution < -0.4 is 0 Å². The van der Waals surface area contributed by atoms with Crippen molar-refractivity contribution < 1.29 is 51.8 Å². The number of pyridine rings is 1. The van der Waals surface area contributed by atoms with Crippen molar-refractivity contribution >= 4 is 39.0 Å². The Balaban J connectivity index is 1.67. The van der Waals surface area contributed by atoms with Gasteiger partial charge in [-0.1, -0.05) is 54.8 Å². The molecule has 7 nitrogen and oxygen atoms in total. The molecule has 0 aliphatic carbocycles. The highest BCUT2D eigenvalue weighted by molar-refractivity contribution is 8.45. The lowest BCUT2D eigenvalue weighted by Crippen LogP contribution is -2.39. The lowest BCUT2D eigenvalue weighted by molar-refractivity contribution is -0.225. The zero-order chi connectivity index (χ0) is 27.5. The highest BCUT2D eigenvalue weighted by atomic mass is 32.5. The number of carbonyl (C=O) groups excluding carboxylic acids is 3. The van der Waals surface area contributed by atoms with Crippen LogP contribution in [0.1, 0.15) is 5.56 Å². The first-order valence-electron chi connectivity index (χ1n) is 9.98. The molecule has 1 aliphatic rings. The van der Waals surface area contributed by atoms with Crippen LogP contribution in [0.4, 0.5) is 37.4 Å². The van der Waals surface area contributed by atoms with E-state index < -0.39 is 52.3 Å². The number of hydrogen-bond donors (Lipinski definition) is 0. The third kappa shape index (κ3) is 5.42. The number of benzene rings is 2. The topological polar surface area (TPSA) is 79.8 Å². The van der Waals surface area contributed by atoms with Gasteiger partial charge in [-0.15, -0.1) is 0 Å². The van der Waals surface area contributed by atoms with E-state index in [2.05, 4.69) is 9.82 Å². The predicted molar refractivity (Wildman–Crippen MR) is 113 cm³/mol. The molecule has 37 heavy (non-hydrogen) atoms.